The molecule has 0 unspecified atom stereocenters. The van der Waals surface area contributed by atoms with Crippen molar-refractivity contribution in [1.82, 2.24) is 0 Å². The Hall–Kier alpha value is 1.15. The molecule has 0 atom stereocenters. The average molecular weight is 161 g/mol. The van der Waals surface area contributed by atoms with Crippen LogP contribution in [0.2, 0.25) is 0 Å². The summed E-state index contributed by atoms with van der Waals surface area (Å²) in [5.74, 6) is 0. The molecule has 0 aromatic rings. The van der Waals surface area contributed by atoms with Crippen molar-refractivity contribution in [3.05, 3.63) is 0 Å². The van der Waals surface area contributed by atoms with E-state index >= 15 is 0 Å². The molecule has 0 spiro atoms. The topological polar surface area (TPSA) is 17.1 Å². The molecule has 0 amide bonds. The van der Waals surface area contributed by atoms with Crippen molar-refractivity contribution in [1.29, 1.82) is 0 Å². The van der Waals surface area contributed by atoms with Gasteiger partial charge in [-0.15, -0.1) is 0 Å². The van der Waals surface area contributed by atoms with Gasteiger partial charge in [0.2, 0.25) is 0 Å². The monoisotopic (exact) mass is 160 g/mol. The van der Waals surface area contributed by atoms with Gasteiger partial charge in [-0.3, -0.25) is 0 Å². The molecule has 0 aromatic carbocycles. The molecule has 0 aromatic heterocycles. The van der Waals surface area contributed by atoms with Crippen molar-refractivity contribution in [2.24, 2.45) is 0 Å². The minimum absolute atomic E-state index is 0. The summed E-state index contributed by atoms with van der Waals surface area (Å²) in [5, 5.41) is 0. The zero-order valence-electron chi connectivity index (χ0n) is 4.07. The predicted molar refractivity (Wildman–Crippen MR) is 16.4 cm³/mol. The Bertz CT molecular complexity index is 24.8. The van der Waals surface area contributed by atoms with E-state index in [2.05, 4.69) is 0 Å². The van der Waals surface area contributed by atoms with Crippen molar-refractivity contribution >= 4 is 6.29 Å². The summed E-state index contributed by atoms with van der Waals surface area (Å²) in [6.07, 6.45) is 1.51. The van der Waals surface area contributed by atoms with Gasteiger partial charge < -0.3 is 21.8 Å². The van der Waals surface area contributed by atoms with Crippen molar-refractivity contribution in [3.8, 4) is 0 Å². The van der Waals surface area contributed by atoms with Crippen molar-refractivity contribution < 1.29 is 51.3 Å². The summed E-state index contributed by atoms with van der Waals surface area (Å²) in [7, 11) is 0. The molecule has 6 heavy (non-hydrogen) atoms. The second-order valence-corrected chi connectivity index (χ2v) is 0.575. The minimum atomic E-state index is 0. The van der Waals surface area contributed by atoms with E-state index in [4.69, 9.17) is 0 Å². The molecule has 0 radical (unpaired) electrons. The number of hydrogen-bond donors (Lipinski definition) is 0. The number of carbonyl (C=O) groups is 1. The normalized spacial score (nSPS) is 4.17. The summed E-state index contributed by atoms with van der Waals surface area (Å²) < 4.78 is 0. The van der Waals surface area contributed by atoms with Crippen LogP contribution in [-0.2, 0) is 4.79 Å². The molecule has 3 heteroatoms. The standard InChI is InChI=1S/C3H6O.BrH.Na/c1-2-3-4;;/h3H,2H2,1H3;1H;/q;;+1/p-1. The first-order valence-electron chi connectivity index (χ1n) is 1.35. The molecule has 0 aliphatic rings. The van der Waals surface area contributed by atoms with Crippen LogP contribution in [0.3, 0.4) is 0 Å². The van der Waals surface area contributed by atoms with E-state index in [0.717, 1.165) is 6.29 Å². The number of rotatable bonds is 1. The van der Waals surface area contributed by atoms with Gasteiger partial charge in [-0.2, -0.15) is 0 Å². The first-order chi connectivity index (χ1) is 1.91. The number of halogens is 1. The van der Waals surface area contributed by atoms with Gasteiger partial charge in [-0.1, -0.05) is 6.92 Å². The van der Waals surface area contributed by atoms with Crippen LogP contribution in [0.25, 0.3) is 0 Å². The Kier molecular flexibility index (Phi) is 43.0. The number of carbonyl (C=O) groups excluding carboxylic acids is 1. The van der Waals surface area contributed by atoms with Crippen LogP contribution in [-0.4, -0.2) is 6.29 Å². The molecule has 1 nitrogen and oxygen atoms in total. The molecule has 0 aliphatic heterocycles. The summed E-state index contributed by atoms with van der Waals surface area (Å²) in [5.41, 5.74) is 0. The Balaban J connectivity index is -0.0000000450. The van der Waals surface area contributed by atoms with Gasteiger partial charge in [-0.05, 0) is 0 Å². The van der Waals surface area contributed by atoms with E-state index in [1.54, 1.807) is 0 Å². The zero-order valence-corrected chi connectivity index (χ0v) is 7.66. The van der Waals surface area contributed by atoms with E-state index in [0.29, 0.717) is 6.42 Å². The van der Waals surface area contributed by atoms with Crippen LogP contribution < -0.4 is 46.5 Å². The van der Waals surface area contributed by atoms with E-state index in [-0.39, 0.29) is 46.5 Å². The predicted octanol–water partition coefficient (Wildman–Crippen LogP) is -5.40. The van der Waals surface area contributed by atoms with Crippen LogP contribution in [0.5, 0.6) is 0 Å². The zero-order chi connectivity index (χ0) is 3.41. The van der Waals surface area contributed by atoms with Crippen LogP contribution in [0.1, 0.15) is 13.3 Å². The molecule has 32 valence electrons. The molecular formula is C3H6BrNaO. The van der Waals surface area contributed by atoms with Gasteiger partial charge in [-0.25, -0.2) is 0 Å². The Morgan fingerprint density at radius 3 is 1.83 bits per heavy atom. The van der Waals surface area contributed by atoms with E-state index in [1.165, 1.54) is 0 Å². The molecule has 0 saturated heterocycles. The quantitative estimate of drug-likeness (QED) is 0.277. The van der Waals surface area contributed by atoms with Gasteiger partial charge in [0.05, 0.1) is 0 Å². The maximum atomic E-state index is 9.17. The molecule has 0 N–H and O–H groups in total. The fraction of sp³-hybridized carbons (Fsp3) is 0.667. The van der Waals surface area contributed by atoms with Crippen molar-refractivity contribution in [2.75, 3.05) is 0 Å². The maximum Gasteiger partial charge on any atom is 1.00 e. The number of aldehydes is 1. The van der Waals surface area contributed by atoms with Crippen LogP contribution in [0, 0.1) is 0 Å². The van der Waals surface area contributed by atoms with Crippen LogP contribution in [0.4, 0.5) is 0 Å². The number of hydrogen-bond acceptors (Lipinski definition) is 1. The van der Waals surface area contributed by atoms with Crippen LogP contribution >= 0.6 is 0 Å². The Morgan fingerprint density at radius 1 is 1.67 bits per heavy atom. The molecule has 0 bridgehead atoms. The third-order valence-corrected chi connectivity index (χ3v) is 0.167. The molecular weight excluding hydrogens is 155 g/mol. The molecule has 0 fully saturated rings. The van der Waals surface area contributed by atoms with Gasteiger partial charge >= 0.3 is 29.6 Å². The van der Waals surface area contributed by atoms with Crippen LogP contribution in [0.15, 0.2) is 0 Å². The SMILES string of the molecule is CCC=O.[Br-].[Na+]. The molecule has 0 saturated carbocycles. The minimum Gasteiger partial charge on any atom is -1.00 e. The van der Waals surface area contributed by atoms with E-state index in [1.807, 2.05) is 6.92 Å². The van der Waals surface area contributed by atoms with Gasteiger partial charge in [0.25, 0.3) is 0 Å². The summed E-state index contributed by atoms with van der Waals surface area (Å²) in [6.45, 7) is 1.81. The first kappa shape index (κ1) is 15.7. The largest absolute Gasteiger partial charge is 1.00 e. The van der Waals surface area contributed by atoms with Gasteiger partial charge in [0.1, 0.15) is 6.29 Å². The molecule has 0 rings (SSSR count). The fourth-order valence-corrected chi connectivity index (χ4v) is 0. The maximum absolute atomic E-state index is 9.17. The van der Waals surface area contributed by atoms with E-state index < -0.39 is 0 Å². The van der Waals surface area contributed by atoms with Crippen molar-refractivity contribution in [3.63, 3.8) is 0 Å². The summed E-state index contributed by atoms with van der Waals surface area (Å²) >= 11 is 0. The summed E-state index contributed by atoms with van der Waals surface area (Å²) in [4.78, 5) is 9.17. The third kappa shape index (κ3) is 19.2. The van der Waals surface area contributed by atoms with Crippen molar-refractivity contribution in [2.45, 2.75) is 13.3 Å². The fourth-order valence-electron chi connectivity index (χ4n) is 0. The Morgan fingerprint density at radius 2 is 1.83 bits per heavy atom. The first-order valence-corrected chi connectivity index (χ1v) is 1.35. The second kappa shape index (κ2) is 16.4. The summed E-state index contributed by atoms with van der Waals surface area (Å²) in [6, 6.07) is 0. The van der Waals surface area contributed by atoms with E-state index in [9.17, 15) is 4.79 Å². The van der Waals surface area contributed by atoms with Gasteiger partial charge in [0, 0.05) is 6.42 Å². The average Bonchev–Trinajstić information content (AvgIpc) is 1.37. The van der Waals surface area contributed by atoms with Gasteiger partial charge in [0.15, 0.2) is 0 Å². The smallest absolute Gasteiger partial charge is 1.00 e. The molecule has 0 heterocycles. The second-order valence-electron chi connectivity index (χ2n) is 0.575. The molecule has 0 aliphatic carbocycles. The third-order valence-electron chi connectivity index (χ3n) is 0.167. The Labute approximate surface area is 70.6 Å².